The number of fused-ring (bicyclic) bond motifs is 3. The van der Waals surface area contributed by atoms with Crippen LogP contribution in [-0.4, -0.2) is 22.9 Å². The molecule has 3 unspecified atom stereocenters. The summed E-state index contributed by atoms with van der Waals surface area (Å²) in [5, 5.41) is 4.58. The Kier molecular flexibility index (Phi) is 2.42. The fourth-order valence-electron chi connectivity index (χ4n) is 3.62. The Labute approximate surface area is 112 Å². The van der Waals surface area contributed by atoms with Gasteiger partial charge >= 0.3 is 0 Å². The molecule has 3 atom stereocenters. The standard InChI is InChI=1S/C16H16N2O/c19-16(13-9-11-6-7-14(13)18-11)12-5-1-3-10-4-2-8-17-15(10)12/h1-5,8,11,13-14,18H,6-7,9H2. The second kappa shape index (κ2) is 4.14. The number of Topliss-reactive ketones (excluding diaryl/α,β-unsaturated/α-hetero) is 1. The lowest BCUT2D eigenvalue weighted by Crippen LogP contribution is -2.29. The third kappa shape index (κ3) is 1.69. The predicted molar refractivity (Wildman–Crippen MR) is 74.1 cm³/mol. The van der Waals surface area contributed by atoms with Crippen LogP contribution in [-0.2, 0) is 0 Å². The zero-order valence-corrected chi connectivity index (χ0v) is 10.7. The molecule has 1 N–H and O–H groups in total. The van der Waals surface area contributed by atoms with E-state index in [1.807, 2.05) is 30.3 Å². The topological polar surface area (TPSA) is 42.0 Å². The Morgan fingerprint density at radius 2 is 2.11 bits per heavy atom. The van der Waals surface area contributed by atoms with E-state index in [2.05, 4.69) is 10.3 Å². The number of nitrogens with one attached hydrogen (secondary N) is 1. The molecular weight excluding hydrogens is 236 g/mol. The van der Waals surface area contributed by atoms with Crippen molar-refractivity contribution >= 4 is 16.7 Å². The minimum atomic E-state index is 0.145. The normalized spacial score (nSPS) is 28.9. The van der Waals surface area contributed by atoms with Gasteiger partial charge in [0.25, 0.3) is 0 Å². The molecule has 0 radical (unpaired) electrons. The summed E-state index contributed by atoms with van der Waals surface area (Å²) in [6.45, 7) is 0. The molecule has 0 amide bonds. The van der Waals surface area contributed by atoms with Crippen LogP contribution >= 0.6 is 0 Å². The van der Waals surface area contributed by atoms with Crippen LogP contribution in [0, 0.1) is 5.92 Å². The highest BCUT2D eigenvalue weighted by atomic mass is 16.1. The van der Waals surface area contributed by atoms with Crippen molar-refractivity contribution in [2.45, 2.75) is 31.3 Å². The Morgan fingerprint density at radius 1 is 1.21 bits per heavy atom. The zero-order valence-electron chi connectivity index (χ0n) is 10.7. The van der Waals surface area contributed by atoms with E-state index in [4.69, 9.17) is 0 Å². The Balaban J connectivity index is 1.76. The van der Waals surface area contributed by atoms with Gasteiger partial charge in [0.15, 0.2) is 5.78 Å². The summed E-state index contributed by atoms with van der Waals surface area (Å²) < 4.78 is 0. The van der Waals surface area contributed by atoms with Crippen molar-refractivity contribution in [2.75, 3.05) is 0 Å². The summed E-state index contributed by atoms with van der Waals surface area (Å²) in [7, 11) is 0. The molecule has 1 aromatic heterocycles. The van der Waals surface area contributed by atoms with E-state index < -0.39 is 0 Å². The van der Waals surface area contributed by atoms with Crippen LogP contribution in [0.15, 0.2) is 36.5 Å². The van der Waals surface area contributed by atoms with Crippen LogP contribution in [0.1, 0.15) is 29.6 Å². The van der Waals surface area contributed by atoms with Crippen LogP contribution < -0.4 is 5.32 Å². The summed E-state index contributed by atoms with van der Waals surface area (Å²) >= 11 is 0. The molecule has 3 heteroatoms. The molecule has 2 aromatic rings. The monoisotopic (exact) mass is 252 g/mol. The fraction of sp³-hybridized carbons (Fsp3) is 0.375. The van der Waals surface area contributed by atoms with Gasteiger partial charge in [-0.25, -0.2) is 0 Å². The van der Waals surface area contributed by atoms with E-state index in [0.29, 0.717) is 12.1 Å². The van der Waals surface area contributed by atoms with Gasteiger partial charge in [-0.15, -0.1) is 0 Å². The number of aromatic nitrogens is 1. The van der Waals surface area contributed by atoms with E-state index in [1.54, 1.807) is 6.20 Å². The van der Waals surface area contributed by atoms with Crippen molar-refractivity contribution in [3.8, 4) is 0 Å². The third-order valence-corrected chi connectivity index (χ3v) is 4.54. The highest BCUT2D eigenvalue weighted by Crippen LogP contribution is 2.36. The zero-order chi connectivity index (χ0) is 12.8. The van der Waals surface area contributed by atoms with Gasteiger partial charge < -0.3 is 5.32 Å². The minimum absolute atomic E-state index is 0.145. The van der Waals surface area contributed by atoms with E-state index in [9.17, 15) is 4.79 Å². The smallest absolute Gasteiger partial charge is 0.169 e. The molecule has 19 heavy (non-hydrogen) atoms. The summed E-state index contributed by atoms with van der Waals surface area (Å²) in [5.41, 5.74) is 1.63. The van der Waals surface area contributed by atoms with E-state index in [0.717, 1.165) is 29.3 Å². The number of para-hydroxylation sites is 1. The molecule has 0 aliphatic carbocycles. The summed E-state index contributed by atoms with van der Waals surface area (Å²) in [6.07, 6.45) is 5.12. The van der Waals surface area contributed by atoms with Crippen LogP contribution in [0.5, 0.6) is 0 Å². The quantitative estimate of drug-likeness (QED) is 0.835. The number of benzene rings is 1. The van der Waals surface area contributed by atoms with Crippen LogP contribution in [0.2, 0.25) is 0 Å². The van der Waals surface area contributed by atoms with Gasteiger partial charge in [0.05, 0.1) is 5.52 Å². The summed E-state index contributed by atoms with van der Waals surface area (Å²) in [5.74, 6) is 0.412. The third-order valence-electron chi connectivity index (χ3n) is 4.54. The number of pyridine rings is 1. The highest BCUT2D eigenvalue weighted by molar-refractivity contribution is 6.08. The van der Waals surface area contributed by atoms with Gasteiger partial charge in [-0.3, -0.25) is 9.78 Å². The van der Waals surface area contributed by atoms with Gasteiger partial charge in [-0.1, -0.05) is 18.2 Å². The first-order chi connectivity index (χ1) is 9.33. The molecule has 3 heterocycles. The van der Waals surface area contributed by atoms with Crippen LogP contribution in [0.25, 0.3) is 10.9 Å². The van der Waals surface area contributed by atoms with Gasteiger partial charge in [-0.2, -0.15) is 0 Å². The van der Waals surface area contributed by atoms with Crippen LogP contribution in [0.3, 0.4) is 0 Å². The number of ketones is 1. The maximum absolute atomic E-state index is 12.8. The number of hydrogen-bond donors (Lipinski definition) is 1. The van der Waals surface area contributed by atoms with Gasteiger partial charge in [0, 0.05) is 35.1 Å². The second-order valence-corrected chi connectivity index (χ2v) is 5.63. The summed E-state index contributed by atoms with van der Waals surface area (Å²) in [6, 6.07) is 10.8. The molecule has 3 nitrogen and oxygen atoms in total. The molecule has 0 saturated carbocycles. The largest absolute Gasteiger partial charge is 0.310 e. The average Bonchev–Trinajstić information content (AvgIpc) is 3.08. The van der Waals surface area contributed by atoms with Gasteiger partial charge in [0.1, 0.15) is 0 Å². The first-order valence-electron chi connectivity index (χ1n) is 6.97. The average molecular weight is 252 g/mol. The Bertz CT molecular complexity index is 647. The first-order valence-corrected chi connectivity index (χ1v) is 6.97. The van der Waals surface area contributed by atoms with Crippen LogP contribution in [0.4, 0.5) is 0 Å². The molecular formula is C16H16N2O. The number of nitrogens with zero attached hydrogens (tertiary/aromatic N) is 1. The van der Waals surface area contributed by atoms with Crippen molar-refractivity contribution in [1.29, 1.82) is 0 Å². The first kappa shape index (κ1) is 11.1. The van der Waals surface area contributed by atoms with Gasteiger partial charge in [-0.05, 0) is 31.4 Å². The lowest BCUT2D eigenvalue weighted by Gasteiger charge is -2.19. The van der Waals surface area contributed by atoms with Crippen molar-refractivity contribution < 1.29 is 4.79 Å². The molecule has 4 rings (SSSR count). The Hall–Kier alpha value is -1.74. The lowest BCUT2D eigenvalue weighted by atomic mass is 9.83. The minimum Gasteiger partial charge on any atom is -0.310 e. The van der Waals surface area contributed by atoms with E-state index >= 15 is 0 Å². The van der Waals surface area contributed by atoms with E-state index in [1.165, 1.54) is 6.42 Å². The molecule has 2 bridgehead atoms. The molecule has 1 aromatic carbocycles. The molecule has 96 valence electrons. The highest BCUT2D eigenvalue weighted by Gasteiger charge is 2.43. The van der Waals surface area contributed by atoms with Crippen molar-refractivity contribution in [3.63, 3.8) is 0 Å². The molecule has 2 fully saturated rings. The number of rotatable bonds is 2. The molecule has 2 aliphatic heterocycles. The molecule has 2 aliphatic rings. The Morgan fingerprint density at radius 3 is 2.89 bits per heavy atom. The maximum Gasteiger partial charge on any atom is 0.169 e. The number of carbonyl (C=O) groups is 1. The molecule has 2 saturated heterocycles. The summed E-state index contributed by atoms with van der Waals surface area (Å²) in [4.78, 5) is 17.2. The second-order valence-electron chi connectivity index (χ2n) is 5.63. The van der Waals surface area contributed by atoms with E-state index in [-0.39, 0.29) is 11.7 Å². The van der Waals surface area contributed by atoms with Crippen molar-refractivity contribution in [2.24, 2.45) is 5.92 Å². The maximum atomic E-state index is 12.8. The SMILES string of the molecule is O=C(c1cccc2cccnc12)C1CC2CCC1N2. The predicted octanol–water partition coefficient (Wildman–Crippen LogP) is 2.56. The van der Waals surface area contributed by atoms with Crippen molar-refractivity contribution in [3.05, 3.63) is 42.1 Å². The van der Waals surface area contributed by atoms with Gasteiger partial charge in [0.2, 0.25) is 0 Å². The van der Waals surface area contributed by atoms with Crippen molar-refractivity contribution in [1.82, 2.24) is 10.3 Å². The fourth-order valence-corrected chi connectivity index (χ4v) is 3.62. The molecule has 0 spiro atoms. The lowest BCUT2D eigenvalue weighted by molar-refractivity contribution is 0.0902. The number of carbonyl (C=O) groups excluding carboxylic acids is 1. The number of hydrogen-bond acceptors (Lipinski definition) is 3.